The summed E-state index contributed by atoms with van der Waals surface area (Å²) in [5.74, 6) is 0. The van der Waals surface area contributed by atoms with Gasteiger partial charge in [-0.1, -0.05) is 13.8 Å². The Bertz CT molecular complexity index is 118. The molecule has 0 N–H and O–H groups in total. The van der Waals surface area contributed by atoms with E-state index in [0.29, 0.717) is 0 Å². The molecule has 0 aromatic heterocycles. The predicted octanol–water partition coefficient (Wildman–Crippen LogP) is 2.54. The molecule has 1 heterocycles. The molecule has 1 radical (unpaired) electrons. The first-order valence-corrected chi connectivity index (χ1v) is 4.59. The van der Waals surface area contributed by atoms with Crippen LogP contribution in [0.3, 0.4) is 0 Å². The maximum absolute atomic E-state index is 5.25. The highest BCUT2D eigenvalue weighted by molar-refractivity contribution is 6.18. The van der Waals surface area contributed by atoms with Crippen LogP contribution in [0.2, 0.25) is 0 Å². The van der Waals surface area contributed by atoms with Gasteiger partial charge in [-0.3, -0.25) is 0 Å². The molecule has 12 heavy (non-hydrogen) atoms. The molecule has 0 aromatic carbocycles. The van der Waals surface area contributed by atoms with Crippen molar-refractivity contribution < 1.29 is 9.31 Å². The molecule has 1 aliphatic heterocycles. The normalized spacial score (nSPS) is 24.8. The van der Waals surface area contributed by atoms with Crippen molar-refractivity contribution in [1.82, 2.24) is 0 Å². The summed E-state index contributed by atoms with van der Waals surface area (Å²) in [6, 6.07) is 0. The molecule has 0 unspecified atom stereocenters. The molecular weight excluding hydrogens is 151 g/mol. The second kappa shape index (κ2) is 4.29. The van der Waals surface area contributed by atoms with Crippen LogP contribution in [0.15, 0.2) is 0 Å². The quantitative estimate of drug-likeness (QED) is 0.521. The van der Waals surface area contributed by atoms with E-state index in [9.17, 15) is 0 Å². The van der Waals surface area contributed by atoms with Gasteiger partial charge in [0, 0.05) is 6.42 Å². The van der Waals surface area contributed by atoms with Crippen LogP contribution < -0.4 is 0 Å². The maximum Gasteiger partial charge on any atom is 0.488 e. The van der Waals surface area contributed by atoms with Gasteiger partial charge in [-0.25, -0.2) is 0 Å². The molecule has 0 spiro atoms. The first-order chi connectivity index (χ1) is 5.41. The van der Waals surface area contributed by atoms with Crippen LogP contribution in [0.25, 0.3) is 0 Å². The van der Waals surface area contributed by atoms with Gasteiger partial charge in [0.05, 0.1) is 11.2 Å². The predicted molar refractivity (Wildman–Crippen MR) is 52.0 cm³/mol. The molecule has 0 aromatic rings. The third kappa shape index (κ3) is 4.12. The van der Waals surface area contributed by atoms with Gasteiger partial charge in [0.15, 0.2) is 0 Å². The number of hydrogen-bond acceptors (Lipinski definition) is 2. The lowest BCUT2D eigenvalue weighted by Gasteiger charge is -2.40. The third-order valence-electron chi connectivity index (χ3n) is 1.59. The van der Waals surface area contributed by atoms with E-state index in [-0.39, 0.29) is 11.2 Å². The van der Waals surface area contributed by atoms with Crippen molar-refractivity contribution in [2.24, 2.45) is 0 Å². The summed E-state index contributed by atoms with van der Waals surface area (Å²) in [5, 5.41) is 0. The van der Waals surface area contributed by atoms with Crippen molar-refractivity contribution in [3.05, 3.63) is 0 Å². The molecule has 0 aliphatic carbocycles. The molecule has 1 fully saturated rings. The standard InChI is InChI=1S/C7H14BO2.C2H6/c1-6(2)5-7(3,4)10-8-9-6;1-2/h5H2,1-4H3;1-2H3. The first-order valence-electron chi connectivity index (χ1n) is 4.59. The van der Waals surface area contributed by atoms with E-state index >= 15 is 0 Å². The third-order valence-corrected chi connectivity index (χ3v) is 1.59. The Kier molecular flexibility index (Phi) is 4.28. The average molecular weight is 171 g/mol. The van der Waals surface area contributed by atoms with Crippen LogP contribution in [0.1, 0.15) is 48.0 Å². The lowest BCUT2D eigenvalue weighted by atomic mass is 9.88. The van der Waals surface area contributed by atoms with E-state index in [0.717, 1.165) is 6.42 Å². The summed E-state index contributed by atoms with van der Waals surface area (Å²) in [5.41, 5.74) is -0.135. The lowest BCUT2D eigenvalue weighted by molar-refractivity contribution is -0.0636. The second-order valence-corrected chi connectivity index (χ2v) is 4.03. The Labute approximate surface area is 76.9 Å². The van der Waals surface area contributed by atoms with Gasteiger partial charge in [-0.2, -0.15) is 0 Å². The van der Waals surface area contributed by atoms with E-state index in [1.165, 1.54) is 7.69 Å². The molecular formula is C9H20BO2. The van der Waals surface area contributed by atoms with Crippen LogP contribution in [0.5, 0.6) is 0 Å². The number of hydrogen-bond donors (Lipinski definition) is 0. The van der Waals surface area contributed by atoms with Crippen molar-refractivity contribution in [2.45, 2.75) is 59.2 Å². The van der Waals surface area contributed by atoms with Crippen LogP contribution >= 0.6 is 0 Å². The van der Waals surface area contributed by atoms with Crippen molar-refractivity contribution in [2.75, 3.05) is 0 Å². The molecule has 0 amide bonds. The summed E-state index contributed by atoms with van der Waals surface area (Å²) in [6.07, 6.45) is 0.927. The summed E-state index contributed by atoms with van der Waals surface area (Å²) in [4.78, 5) is 0. The minimum atomic E-state index is -0.0677. The fraction of sp³-hybridized carbons (Fsp3) is 1.00. The summed E-state index contributed by atoms with van der Waals surface area (Å²) >= 11 is 0. The summed E-state index contributed by atoms with van der Waals surface area (Å²) in [7, 11) is 1.45. The highest BCUT2D eigenvalue weighted by Gasteiger charge is 2.35. The second-order valence-electron chi connectivity index (χ2n) is 4.03. The number of rotatable bonds is 0. The molecule has 0 bridgehead atoms. The Morgan fingerprint density at radius 2 is 1.25 bits per heavy atom. The molecule has 3 heteroatoms. The lowest BCUT2D eigenvalue weighted by Crippen LogP contribution is -2.45. The fourth-order valence-corrected chi connectivity index (χ4v) is 1.39. The fourth-order valence-electron chi connectivity index (χ4n) is 1.39. The largest absolute Gasteiger partial charge is 0.488 e. The Balaban J connectivity index is 0.000000561. The molecule has 1 rings (SSSR count). The SMILES string of the molecule is CC.CC1(C)CC(C)(C)O[B]O1. The van der Waals surface area contributed by atoms with Crippen molar-refractivity contribution in [3.63, 3.8) is 0 Å². The zero-order valence-electron chi connectivity index (χ0n) is 9.10. The van der Waals surface area contributed by atoms with Crippen LogP contribution in [-0.4, -0.2) is 18.9 Å². The average Bonchev–Trinajstić information content (AvgIpc) is 1.86. The van der Waals surface area contributed by atoms with Gasteiger partial charge in [0.1, 0.15) is 0 Å². The molecule has 71 valence electrons. The molecule has 0 saturated carbocycles. The van der Waals surface area contributed by atoms with Crippen molar-refractivity contribution >= 4 is 7.69 Å². The van der Waals surface area contributed by atoms with E-state index in [2.05, 4.69) is 27.7 Å². The molecule has 1 aliphatic rings. The van der Waals surface area contributed by atoms with E-state index < -0.39 is 0 Å². The van der Waals surface area contributed by atoms with Gasteiger partial charge < -0.3 is 9.31 Å². The first kappa shape index (κ1) is 12.0. The van der Waals surface area contributed by atoms with Crippen molar-refractivity contribution in [1.29, 1.82) is 0 Å². The van der Waals surface area contributed by atoms with Crippen LogP contribution in [0, 0.1) is 0 Å². The van der Waals surface area contributed by atoms with Gasteiger partial charge in [-0.15, -0.1) is 0 Å². The van der Waals surface area contributed by atoms with Gasteiger partial charge in [0.2, 0.25) is 0 Å². The molecule has 1 saturated heterocycles. The zero-order valence-corrected chi connectivity index (χ0v) is 9.10. The Morgan fingerprint density at radius 3 is 1.42 bits per heavy atom. The summed E-state index contributed by atoms with van der Waals surface area (Å²) in [6.45, 7) is 12.3. The zero-order chi connectivity index (χ0) is 9.83. The summed E-state index contributed by atoms with van der Waals surface area (Å²) < 4.78 is 10.5. The highest BCUT2D eigenvalue weighted by Crippen LogP contribution is 2.29. The van der Waals surface area contributed by atoms with Crippen molar-refractivity contribution in [3.8, 4) is 0 Å². The van der Waals surface area contributed by atoms with Gasteiger partial charge in [-0.05, 0) is 27.7 Å². The van der Waals surface area contributed by atoms with Gasteiger partial charge in [0.25, 0.3) is 0 Å². The monoisotopic (exact) mass is 171 g/mol. The van der Waals surface area contributed by atoms with Crippen LogP contribution in [0.4, 0.5) is 0 Å². The minimum absolute atomic E-state index is 0.0677. The highest BCUT2D eigenvalue weighted by atomic mass is 16.6. The topological polar surface area (TPSA) is 18.5 Å². The molecule has 0 atom stereocenters. The van der Waals surface area contributed by atoms with E-state index in [4.69, 9.17) is 9.31 Å². The van der Waals surface area contributed by atoms with E-state index in [1.54, 1.807) is 0 Å². The smallest absolute Gasteiger partial charge is 0.408 e. The molecule has 2 nitrogen and oxygen atoms in total. The van der Waals surface area contributed by atoms with Gasteiger partial charge >= 0.3 is 7.69 Å². The Morgan fingerprint density at radius 1 is 0.917 bits per heavy atom. The van der Waals surface area contributed by atoms with E-state index in [1.807, 2.05) is 13.8 Å². The minimum Gasteiger partial charge on any atom is -0.408 e. The van der Waals surface area contributed by atoms with Crippen LogP contribution in [-0.2, 0) is 9.31 Å². The Hall–Kier alpha value is -0.0151. The maximum atomic E-state index is 5.25.